The van der Waals surface area contributed by atoms with Gasteiger partial charge in [-0.25, -0.2) is 23.4 Å². The van der Waals surface area contributed by atoms with E-state index in [1.54, 1.807) is 12.4 Å². The van der Waals surface area contributed by atoms with E-state index in [0.29, 0.717) is 35.6 Å². The molecule has 2 unspecified atom stereocenters. The van der Waals surface area contributed by atoms with Crippen LogP contribution in [0.15, 0.2) is 35.7 Å². The molecule has 0 spiro atoms. The molecule has 3 fully saturated rings. The lowest BCUT2D eigenvalue weighted by molar-refractivity contribution is 0.0556. The first kappa shape index (κ1) is 24.9. The zero-order chi connectivity index (χ0) is 27.6. The van der Waals surface area contributed by atoms with Crippen LogP contribution in [0.5, 0.6) is 5.88 Å². The second-order valence-electron chi connectivity index (χ2n) is 10.9. The maximum atomic E-state index is 13.1. The fraction of sp³-hybridized carbons (Fsp3) is 0.462. The molecule has 13 nitrogen and oxygen atoms in total. The van der Waals surface area contributed by atoms with Crippen LogP contribution in [0.3, 0.4) is 0 Å². The van der Waals surface area contributed by atoms with E-state index in [4.69, 9.17) is 15.5 Å². The van der Waals surface area contributed by atoms with Gasteiger partial charge in [-0.3, -0.25) is 9.89 Å². The fourth-order valence-electron chi connectivity index (χ4n) is 6.31. The second kappa shape index (κ2) is 9.25. The number of carbonyl (C=O) groups is 1. The van der Waals surface area contributed by atoms with E-state index in [9.17, 15) is 13.2 Å². The smallest absolute Gasteiger partial charge is 0.291 e. The summed E-state index contributed by atoms with van der Waals surface area (Å²) < 4.78 is 33.3. The highest BCUT2D eigenvalue weighted by Gasteiger charge is 2.46. The van der Waals surface area contributed by atoms with Crippen molar-refractivity contribution >= 4 is 27.2 Å². The number of nitrogens with zero attached hydrogens (tertiary/aromatic N) is 7. The van der Waals surface area contributed by atoms with Crippen molar-refractivity contribution in [1.29, 1.82) is 0 Å². The monoisotopic (exact) mass is 563 g/mol. The highest BCUT2D eigenvalue weighted by Crippen LogP contribution is 2.45. The van der Waals surface area contributed by atoms with Crippen LogP contribution in [-0.2, 0) is 9.84 Å². The Morgan fingerprint density at radius 2 is 1.88 bits per heavy atom. The van der Waals surface area contributed by atoms with Crippen molar-refractivity contribution in [2.75, 3.05) is 12.0 Å². The van der Waals surface area contributed by atoms with Crippen molar-refractivity contribution in [3.63, 3.8) is 0 Å². The Balaban J connectivity index is 1.26. The number of hydrogen-bond acceptors (Lipinski definition) is 10. The second-order valence-corrected chi connectivity index (χ2v) is 12.9. The maximum Gasteiger partial charge on any atom is 0.291 e. The average molecular weight is 564 g/mol. The first-order chi connectivity index (χ1) is 19.3. The molecule has 208 valence electrons. The summed E-state index contributed by atoms with van der Waals surface area (Å²) >= 11 is 0. The molecular formula is C26H29N9O4S. The molecule has 2 saturated heterocycles. The van der Waals surface area contributed by atoms with E-state index >= 15 is 0 Å². The van der Waals surface area contributed by atoms with Crippen molar-refractivity contribution in [2.24, 2.45) is 0 Å². The van der Waals surface area contributed by atoms with Gasteiger partial charge in [0.15, 0.2) is 15.5 Å². The van der Waals surface area contributed by atoms with Gasteiger partial charge < -0.3 is 15.4 Å². The summed E-state index contributed by atoms with van der Waals surface area (Å²) in [5.41, 5.74) is 8.84. The average Bonchev–Trinajstić information content (AvgIpc) is 3.64. The number of nitrogens with two attached hydrogens (primary N) is 1. The first-order valence-electron chi connectivity index (χ1n) is 13.5. The molecule has 1 saturated carbocycles. The van der Waals surface area contributed by atoms with Crippen molar-refractivity contribution in [3.8, 4) is 17.0 Å². The molecule has 4 aromatic rings. The number of nitrogen functional groups attached to an aromatic ring is 1. The van der Waals surface area contributed by atoms with Gasteiger partial charge in [-0.2, -0.15) is 14.7 Å². The molecule has 7 rings (SSSR count). The zero-order valence-electron chi connectivity index (χ0n) is 21.9. The van der Waals surface area contributed by atoms with Gasteiger partial charge >= 0.3 is 0 Å². The third kappa shape index (κ3) is 4.08. The number of rotatable bonds is 6. The Morgan fingerprint density at radius 1 is 1.10 bits per heavy atom. The van der Waals surface area contributed by atoms with Crippen molar-refractivity contribution < 1.29 is 17.9 Å². The Hall–Kier alpha value is -4.07. The van der Waals surface area contributed by atoms with Crippen LogP contribution in [0.25, 0.3) is 16.8 Å². The van der Waals surface area contributed by atoms with Crippen LogP contribution in [0.1, 0.15) is 67.2 Å². The number of amides is 1. The zero-order valence-corrected chi connectivity index (χ0v) is 22.7. The number of anilines is 1. The normalized spacial score (nSPS) is 22.9. The SMILES string of the molecule is CS(=O)(=O)c1c(C2CC3CCC(C2)N3C(=O)c2ncn[nH]2)nc2c(-c3ccc(OC4CCC4)nc3)cnn2c1N. The van der Waals surface area contributed by atoms with Gasteiger partial charge in [0.1, 0.15) is 23.1 Å². The number of piperidine rings is 1. The molecule has 14 heteroatoms. The van der Waals surface area contributed by atoms with Crippen LogP contribution >= 0.6 is 0 Å². The van der Waals surface area contributed by atoms with Gasteiger partial charge in [0.2, 0.25) is 11.7 Å². The van der Waals surface area contributed by atoms with Crippen LogP contribution in [0.4, 0.5) is 5.82 Å². The lowest BCUT2D eigenvalue weighted by atomic mass is 9.87. The first-order valence-corrected chi connectivity index (χ1v) is 15.4. The summed E-state index contributed by atoms with van der Waals surface area (Å²) in [6.07, 6.45) is 12.1. The molecule has 2 aliphatic heterocycles. The number of aromatic amines is 1. The van der Waals surface area contributed by atoms with E-state index in [1.807, 2.05) is 17.0 Å². The van der Waals surface area contributed by atoms with Crippen molar-refractivity contribution in [3.05, 3.63) is 42.4 Å². The summed E-state index contributed by atoms with van der Waals surface area (Å²) in [7, 11) is -3.74. The number of hydrogen-bond donors (Lipinski definition) is 2. The van der Waals surface area contributed by atoms with E-state index in [1.165, 1.54) is 17.3 Å². The van der Waals surface area contributed by atoms with E-state index < -0.39 is 9.84 Å². The van der Waals surface area contributed by atoms with Crippen molar-refractivity contribution in [2.45, 2.75) is 73.9 Å². The molecule has 1 aliphatic carbocycles. The number of aromatic nitrogens is 7. The summed E-state index contributed by atoms with van der Waals surface area (Å²) in [5.74, 6) is 0.411. The van der Waals surface area contributed by atoms with Crippen LogP contribution < -0.4 is 10.5 Å². The molecular weight excluding hydrogens is 534 g/mol. The standard InChI is InChI=1S/C26H29N9O4S/c1-40(37,38)22-21(15-9-16-6-7-17(10-15)34(16)26(36)24-29-13-30-33-24)32-25-19(12-31-35(25)23(22)27)14-5-8-20(28-11-14)39-18-3-2-4-18/h5,8,11-13,15-18H,2-4,6-7,9-10,27H2,1H3,(H,29,30,33). The van der Waals surface area contributed by atoms with Crippen molar-refractivity contribution in [1.82, 2.24) is 39.7 Å². The molecule has 40 heavy (non-hydrogen) atoms. The number of carbonyl (C=O) groups excluding carboxylic acids is 1. The lowest BCUT2D eigenvalue weighted by Gasteiger charge is -2.38. The number of ether oxygens (including phenoxy) is 1. The number of H-pyrrole nitrogens is 1. The van der Waals surface area contributed by atoms with E-state index in [0.717, 1.165) is 37.5 Å². The molecule has 3 N–H and O–H groups in total. The highest BCUT2D eigenvalue weighted by molar-refractivity contribution is 7.91. The molecule has 0 radical (unpaired) electrons. The Kier molecular flexibility index (Phi) is 5.77. The number of sulfone groups is 1. The summed E-state index contributed by atoms with van der Waals surface area (Å²) in [5, 5.41) is 10.9. The topological polar surface area (TPSA) is 174 Å². The van der Waals surface area contributed by atoms with Gasteiger partial charge in [-0.15, -0.1) is 0 Å². The maximum absolute atomic E-state index is 13.1. The number of nitrogens with one attached hydrogen (secondary N) is 1. The largest absolute Gasteiger partial charge is 0.474 e. The molecule has 2 bridgehead atoms. The summed E-state index contributed by atoms with van der Waals surface area (Å²) in [6.45, 7) is 0. The summed E-state index contributed by atoms with van der Waals surface area (Å²) in [4.78, 5) is 28.4. The molecule has 6 heterocycles. The minimum absolute atomic E-state index is 0.00330. The van der Waals surface area contributed by atoms with Gasteiger partial charge in [0.25, 0.3) is 5.91 Å². The van der Waals surface area contributed by atoms with Crippen LogP contribution in [0, 0.1) is 0 Å². The number of fused-ring (bicyclic) bond motifs is 3. The molecule has 0 aromatic carbocycles. The minimum atomic E-state index is -3.74. The Bertz CT molecular complexity index is 1680. The predicted octanol–water partition coefficient (Wildman–Crippen LogP) is 2.38. The van der Waals surface area contributed by atoms with E-state index in [-0.39, 0.29) is 46.6 Å². The van der Waals surface area contributed by atoms with Crippen LogP contribution in [-0.4, -0.2) is 78.4 Å². The quantitative estimate of drug-likeness (QED) is 0.354. The van der Waals surface area contributed by atoms with Gasteiger partial charge in [-0.1, -0.05) is 0 Å². The highest BCUT2D eigenvalue weighted by atomic mass is 32.2. The Labute approximate surface area is 230 Å². The molecule has 3 aliphatic rings. The summed E-state index contributed by atoms with van der Waals surface area (Å²) in [6, 6.07) is 3.59. The fourth-order valence-corrected chi connectivity index (χ4v) is 7.37. The van der Waals surface area contributed by atoms with Crippen LogP contribution in [0.2, 0.25) is 0 Å². The Morgan fingerprint density at radius 3 is 2.48 bits per heavy atom. The lowest BCUT2D eigenvalue weighted by Crippen LogP contribution is -2.46. The van der Waals surface area contributed by atoms with Gasteiger partial charge in [0, 0.05) is 47.6 Å². The molecule has 2 atom stereocenters. The predicted molar refractivity (Wildman–Crippen MR) is 143 cm³/mol. The third-order valence-corrected chi connectivity index (χ3v) is 9.55. The van der Waals surface area contributed by atoms with Gasteiger partial charge in [-0.05, 0) is 51.0 Å². The van der Waals surface area contributed by atoms with Gasteiger partial charge in [0.05, 0.1) is 11.9 Å². The molecule has 1 amide bonds. The third-order valence-electron chi connectivity index (χ3n) is 8.39. The van der Waals surface area contributed by atoms with E-state index in [2.05, 4.69) is 25.3 Å². The molecule has 4 aromatic heterocycles. The minimum Gasteiger partial charge on any atom is -0.474 e. The number of pyridine rings is 1.